The van der Waals surface area contributed by atoms with Gasteiger partial charge in [0.25, 0.3) is 0 Å². The Balaban J connectivity index is 1.88. The van der Waals surface area contributed by atoms with E-state index >= 15 is 0 Å². The topological polar surface area (TPSA) is 53.5 Å². The summed E-state index contributed by atoms with van der Waals surface area (Å²) in [5.41, 5.74) is 2.11. The standard InChI is InChI=1S/C14H19N3OS/c1-3-11-4-6-12(7-5-11)17-13(18)10(2)19-14-15-8-9-16-14/h4-7,10H,3,8-9H2,1-2H3,(H,15,16)(H,17,18). The van der Waals surface area contributed by atoms with Crippen molar-refractivity contribution in [1.29, 1.82) is 0 Å². The van der Waals surface area contributed by atoms with Gasteiger partial charge in [0.2, 0.25) is 5.91 Å². The first-order valence-corrected chi connectivity index (χ1v) is 7.42. The lowest BCUT2D eigenvalue weighted by atomic mass is 10.1. The number of carbonyl (C=O) groups excluding carboxylic acids is 1. The van der Waals surface area contributed by atoms with Gasteiger partial charge in [0.1, 0.15) is 0 Å². The van der Waals surface area contributed by atoms with Crippen molar-refractivity contribution >= 4 is 28.5 Å². The molecule has 1 aliphatic rings. The molecule has 102 valence electrons. The van der Waals surface area contributed by atoms with Gasteiger partial charge in [-0.2, -0.15) is 0 Å². The van der Waals surface area contributed by atoms with Crippen LogP contribution in [-0.2, 0) is 11.2 Å². The Labute approximate surface area is 118 Å². The summed E-state index contributed by atoms with van der Waals surface area (Å²) in [5, 5.41) is 6.79. The van der Waals surface area contributed by atoms with Crippen molar-refractivity contribution < 1.29 is 4.79 Å². The number of carbonyl (C=O) groups is 1. The Morgan fingerprint density at radius 1 is 1.47 bits per heavy atom. The fourth-order valence-electron chi connectivity index (χ4n) is 1.74. The van der Waals surface area contributed by atoms with Crippen LogP contribution in [0.1, 0.15) is 19.4 Å². The summed E-state index contributed by atoms with van der Waals surface area (Å²) in [5.74, 6) is 0.00523. The van der Waals surface area contributed by atoms with Crippen LogP contribution in [0.25, 0.3) is 0 Å². The van der Waals surface area contributed by atoms with Gasteiger partial charge in [0.05, 0.1) is 11.8 Å². The molecule has 0 saturated carbocycles. The third-order valence-corrected chi connectivity index (χ3v) is 4.00. The average Bonchev–Trinajstić information content (AvgIpc) is 2.92. The van der Waals surface area contributed by atoms with Crippen molar-refractivity contribution in [2.45, 2.75) is 25.5 Å². The van der Waals surface area contributed by atoms with E-state index in [1.54, 1.807) is 0 Å². The molecule has 1 amide bonds. The number of nitrogens with one attached hydrogen (secondary N) is 2. The molecule has 1 aliphatic heterocycles. The molecule has 1 atom stereocenters. The molecule has 5 heteroatoms. The molecule has 0 saturated heterocycles. The first-order chi connectivity index (χ1) is 9.19. The molecule has 2 N–H and O–H groups in total. The minimum Gasteiger partial charge on any atom is -0.363 e. The van der Waals surface area contributed by atoms with Crippen LogP contribution in [-0.4, -0.2) is 29.4 Å². The third kappa shape index (κ3) is 3.99. The SMILES string of the molecule is CCc1ccc(NC(=O)C(C)SC2=NCCN2)cc1. The quantitative estimate of drug-likeness (QED) is 0.887. The molecule has 0 radical (unpaired) electrons. The molecular formula is C14H19N3OS. The van der Waals surface area contributed by atoms with Gasteiger partial charge in [-0.15, -0.1) is 0 Å². The second kappa shape index (κ2) is 6.61. The van der Waals surface area contributed by atoms with Crippen LogP contribution in [0.4, 0.5) is 5.69 Å². The lowest BCUT2D eigenvalue weighted by Crippen LogP contribution is -2.26. The van der Waals surface area contributed by atoms with Gasteiger partial charge in [0.15, 0.2) is 5.17 Å². The van der Waals surface area contributed by atoms with Gasteiger partial charge in [-0.25, -0.2) is 0 Å². The molecule has 1 unspecified atom stereocenters. The normalized spacial score (nSPS) is 15.6. The average molecular weight is 277 g/mol. The maximum absolute atomic E-state index is 12.0. The molecule has 0 spiro atoms. The first kappa shape index (κ1) is 13.9. The lowest BCUT2D eigenvalue weighted by molar-refractivity contribution is -0.115. The molecule has 1 aromatic rings. The van der Waals surface area contributed by atoms with Crippen molar-refractivity contribution in [2.75, 3.05) is 18.4 Å². The maximum atomic E-state index is 12.0. The maximum Gasteiger partial charge on any atom is 0.237 e. The van der Waals surface area contributed by atoms with Crippen molar-refractivity contribution in [2.24, 2.45) is 4.99 Å². The molecule has 19 heavy (non-hydrogen) atoms. The molecule has 1 aromatic carbocycles. The van der Waals surface area contributed by atoms with Crippen molar-refractivity contribution in [3.63, 3.8) is 0 Å². The molecule has 0 fully saturated rings. The highest BCUT2D eigenvalue weighted by Gasteiger charge is 2.18. The number of hydrogen-bond acceptors (Lipinski definition) is 4. The molecule has 0 bridgehead atoms. The highest BCUT2D eigenvalue weighted by molar-refractivity contribution is 8.14. The predicted octanol–water partition coefficient (Wildman–Crippen LogP) is 2.27. The first-order valence-electron chi connectivity index (χ1n) is 6.54. The van der Waals surface area contributed by atoms with Crippen molar-refractivity contribution in [3.8, 4) is 0 Å². The van der Waals surface area contributed by atoms with E-state index in [2.05, 4.69) is 22.5 Å². The largest absolute Gasteiger partial charge is 0.363 e. The number of anilines is 1. The number of rotatable bonds is 4. The van der Waals surface area contributed by atoms with Crippen LogP contribution in [0.15, 0.2) is 29.3 Å². The molecule has 4 nitrogen and oxygen atoms in total. The van der Waals surface area contributed by atoms with E-state index < -0.39 is 0 Å². The van der Waals surface area contributed by atoms with E-state index in [9.17, 15) is 4.79 Å². The smallest absolute Gasteiger partial charge is 0.237 e. The number of nitrogens with zero attached hydrogens (tertiary/aromatic N) is 1. The van der Waals surface area contributed by atoms with Crippen LogP contribution >= 0.6 is 11.8 Å². The Bertz CT molecular complexity index is 470. The van der Waals surface area contributed by atoms with Crippen LogP contribution in [0, 0.1) is 0 Å². The number of hydrogen-bond donors (Lipinski definition) is 2. The second-order valence-corrected chi connectivity index (χ2v) is 5.74. The number of aryl methyl sites for hydroxylation is 1. The van der Waals surface area contributed by atoms with Crippen LogP contribution in [0.3, 0.4) is 0 Å². The molecule has 2 rings (SSSR count). The summed E-state index contributed by atoms with van der Waals surface area (Å²) in [7, 11) is 0. The summed E-state index contributed by atoms with van der Waals surface area (Å²) in [6, 6.07) is 7.96. The fourth-order valence-corrected chi connectivity index (χ4v) is 2.60. The van der Waals surface area contributed by atoms with Crippen molar-refractivity contribution in [3.05, 3.63) is 29.8 Å². The summed E-state index contributed by atoms with van der Waals surface area (Å²) >= 11 is 1.47. The number of amidine groups is 1. The second-order valence-electron chi connectivity index (χ2n) is 4.41. The van der Waals surface area contributed by atoms with Gasteiger partial charge >= 0.3 is 0 Å². The van der Waals surface area contributed by atoms with Gasteiger partial charge < -0.3 is 10.6 Å². The van der Waals surface area contributed by atoms with E-state index in [1.807, 2.05) is 31.2 Å². The van der Waals surface area contributed by atoms with E-state index in [4.69, 9.17) is 0 Å². The Kier molecular flexibility index (Phi) is 4.85. The van der Waals surface area contributed by atoms with E-state index in [-0.39, 0.29) is 11.2 Å². The van der Waals surface area contributed by atoms with E-state index in [0.29, 0.717) is 0 Å². The lowest BCUT2D eigenvalue weighted by Gasteiger charge is -2.12. The zero-order valence-corrected chi connectivity index (χ0v) is 12.1. The summed E-state index contributed by atoms with van der Waals surface area (Å²) < 4.78 is 0. The van der Waals surface area contributed by atoms with Gasteiger partial charge in [-0.05, 0) is 31.0 Å². The summed E-state index contributed by atoms with van der Waals surface area (Å²) in [4.78, 5) is 16.3. The monoisotopic (exact) mass is 277 g/mol. The Morgan fingerprint density at radius 2 is 2.21 bits per heavy atom. The van der Waals surface area contributed by atoms with Crippen molar-refractivity contribution in [1.82, 2.24) is 5.32 Å². The molecule has 1 heterocycles. The number of amides is 1. The summed E-state index contributed by atoms with van der Waals surface area (Å²) in [6.45, 7) is 5.68. The highest BCUT2D eigenvalue weighted by Crippen LogP contribution is 2.16. The number of thioether (sulfide) groups is 1. The zero-order valence-electron chi connectivity index (χ0n) is 11.3. The Morgan fingerprint density at radius 3 is 2.79 bits per heavy atom. The third-order valence-electron chi connectivity index (χ3n) is 2.93. The Hall–Kier alpha value is -1.49. The van der Waals surface area contributed by atoms with Crippen LogP contribution in [0.5, 0.6) is 0 Å². The number of benzene rings is 1. The molecule has 0 aliphatic carbocycles. The molecular weight excluding hydrogens is 258 g/mol. The summed E-state index contributed by atoms with van der Waals surface area (Å²) in [6.07, 6.45) is 1.01. The van der Waals surface area contributed by atoms with Gasteiger partial charge in [-0.1, -0.05) is 30.8 Å². The number of aliphatic imine (C=N–C) groups is 1. The van der Waals surface area contributed by atoms with E-state index in [1.165, 1.54) is 17.3 Å². The minimum atomic E-state index is -0.157. The zero-order chi connectivity index (χ0) is 13.7. The van der Waals surface area contributed by atoms with Gasteiger partial charge in [-0.3, -0.25) is 9.79 Å². The minimum absolute atomic E-state index is 0.00523. The van der Waals surface area contributed by atoms with E-state index in [0.717, 1.165) is 30.4 Å². The van der Waals surface area contributed by atoms with Crippen LogP contribution < -0.4 is 10.6 Å². The van der Waals surface area contributed by atoms with Gasteiger partial charge in [0, 0.05) is 12.2 Å². The highest BCUT2D eigenvalue weighted by atomic mass is 32.2. The predicted molar refractivity (Wildman–Crippen MR) is 81.8 cm³/mol. The fraction of sp³-hybridized carbons (Fsp3) is 0.429. The molecule has 0 aromatic heterocycles. The van der Waals surface area contributed by atoms with Crippen LogP contribution in [0.2, 0.25) is 0 Å².